The van der Waals surface area contributed by atoms with Crippen LogP contribution in [0.25, 0.3) is 6.08 Å². The van der Waals surface area contributed by atoms with Crippen LogP contribution in [0.5, 0.6) is 11.5 Å². The summed E-state index contributed by atoms with van der Waals surface area (Å²) in [6.07, 6.45) is 2.46. The lowest BCUT2D eigenvalue weighted by molar-refractivity contribution is -0.384. The lowest BCUT2D eigenvalue weighted by Gasteiger charge is -2.11. The highest BCUT2D eigenvalue weighted by molar-refractivity contribution is 8.19. The zero-order valence-corrected chi connectivity index (χ0v) is 19.9. The van der Waals surface area contributed by atoms with Gasteiger partial charge in [-0.3, -0.25) is 20.3 Å². The maximum Gasteiger partial charge on any atom is 0.269 e. The molecule has 0 saturated carbocycles. The second-order valence-electron chi connectivity index (χ2n) is 7.28. The van der Waals surface area contributed by atoms with Gasteiger partial charge in [0.2, 0.25) is 0 Å². The molecule has 1 aliphatic heterocycles. The minimum Gasteiger partial charge on any atom is -0.493 e. The molecule has 0 radical (unpaired) electrons. The molecular weight excluding hydrogens is 476 g/mol. The number of ketones is 1. The van der Waals surface area contributed by atoms with Gasteiger partial charge in [0.25, 0.3) is 5.69 Å². The van der Waals surface area contributed by atoms with Gasteiger partial charge in [0.15, 0.2) is 17.3 Å². The molecule has 0 spiro atoms. The fourth-order valence-electron chi connectivity index (χ4n) is 3.26. The molecule has 34 heavy (non-hydrogen) atoms. The molecule has 0 amide bonds. The van der Waals surface area contributed by atoms with Gasteiger partial charge < -0.3 is 9.47 Å². The van der Waals surface area contributed by atoms with Crippen LogP contribution in [0.4, 0.5) is 5.69 Å². The largest absolute Gasteiger partial charge is 0.493 e. The molecule has 4 rings (SSSR count). The lowest BCUT2D eigenvalue weighted by Crippen LogP contribution is -2.11. The first-order chi connectivity index (χ1) is 16.4. The maximum absolute atomic E-state index is 13.0. The number of nitrogens with zero attached hydrogens (tertiary/aromatic N) is 3. The van der Waals surface area contributed by atoms with Crippen molar-refractivity contribution in [1.29, 1.82) is 5.41 Å². The van der Waals surface area contributed by atoms with E-state index in [0.717, 1.165) is 34.3 Å². The van der Waals surface area contributed by atoms with Crippen LogP contribution >= 0.6 is 23.1 Å². The SMILES string of the molecule is CCc1nnc([C@@H]2C(=N)S/C(=C\c3ccc(OCc4ccc([N+](=O)[O-])cc4)c(OC)c3)C2=O)s1. The van der Waals surface area contributed by atoms with Crippen molar-refractivity contribution in [3.63, 3.8) is 0 Å². The Morgan fingerprint density at radius 2 is 1.94 bits per heavy atom. The Morgan fingerprint density at radius 3 is 2.59 bits per heavy atom. The Labute approximate surface area is 203 Å². The molecule has 2 heterocycles. The van der Waals surface area contributed by atoms with E-state index in [1.54, 1.807) is 36.4 Å². The first-order valence-electron chi connectivity index (χ1n) is 10.3. The number of hydrogen-bond donors (Lipinski definition) is 1. The summed E-state index contributed by atoms with van der Waals surface area (Å²) in [6, 6.07) is 11.4. The molecule has 1 fully saturated rings. The predicted octanol–water partition coefficient (Wildman–Crippen LogP) is 5.01. The second-order valence-corrected chi connectivity index (χ2v) is 9.46. The molecule has 1 N–H and O–H groups in total. The Bertz CT molecular complexity index is 1290. The number of ether oxygens (including phenoxy) is 2. The minimum absolute atomic E-state index is 0.0188. The number of rotatable bonds is 8. The number of carbonyl (C=O) groups is 1. The number of nitro groups is 1. The van der Waals surface area contributed by atoms with Crippen molar-refractivity contribution in [3.05, 3.63) is 78.6 Å². The van der Waals surface area contributed by atoms with Crippen LogP contribution in [-0.2, 0) is 17.8 Å². The zero-order chi connectivity index (χ0) is 24.2. The molecule has 3 aromatic rings. The number of nitrogens with one attached hydrogen (secondary N) is 1. The molecule has 1 aliphatic rings. The molecular formula is C23H20N4O5S2. The minimum atomic E-state index is -0.694. The number of thioether (sulfide) groups is 1. The van der Waals surface area contributed by atoms with Crippen molar-refractivity contribution >= 4 is 45.7 Å². The average molecular weight is 497 g/mol. The Morgan fingerprint density at radius 1 is 1.18 bits per heavy atom. The predicted molar refractivity (Wildman–Crippen MR) is 131 cm³/mol. The Hall–Kier alpha value is -3.57. The fraction of sp³-hybridized carbons (Fsp3) is 0.217. The van der Waals surface area contributed by atoms with Crippen LogP contribution in [0.3, 0.4) is 0 Å². The highest BCUT2D eigenvalue weighted by Gasteiger charge is 2.39. The van der Waals surface area contributed by atoms with Gasteiger partial charge in [0.05, 0.1) is 22.0 Å². The maximum atomic E-state index is 13.0. The van der Waals surface area contributed by atoms with Gasteiger partial charge in [-0.2, -0.15) is 0 Å². The summed E-state index contributed by atoms with van der Waals surface area (Å²) in [5, 5.41) is 28.9. The molecule has 1 atom stereocenters. The smallest absolute Gasteiger partial charge is 0.269 e. The monoisotopic (exact) mass is 496 g/mol. The van der Waals surface area contributed by atoms with E-state index in [1.807, 2.05) is 6.92 Å². The summed E-state index contributed by atoms with van der Waals surface area (Å²) >= 11 is 2.50. The standard InChI is InChI=1S/C23H20N4O5S2/c1-3-19-25-26-23(34-19)20-21(28)18(33-22(20)24)11-14-6-9-16(17(10-14)31-2)32-12-13-4-7-15(8-5-13)27(29)30/h4-11,20,24H,3,12H2,1-2H3/b18-11-,24-22?/t20-/m0/s1. The summed E-state index contributed by atoms with van der Waals surface area (Å²) in [5.74, 6) is 0.126. The van der Waals surface area contributed by atoms with Gasteiger partial charge in [0.1, 0.15) is 22.5 Å². The van der Waals surface area contributed by atoms with E-state index < -0.39 is 10.8 Å². The quantitative estimate of drug-likeness (QED) is 0.262. The molecule has 174 valence electrons. The Balaban J connectivity index is 1.49. The van der Waals surface area contributed by atoms with Crippen molar-refractivity contribution in [1.82, 2.24) is 10.2 Å². The van der Waals surface area contributed by atoms with Gasteiger partial charge in [-0.1, -0.05) is 24.8 Å². The molecule has 0 unspecified atom stereocenters. The van der Waals surface area contributed by atoms with Gasteiger partial charge in [-0.15, -0.1) is 21.5 Å². The number of allylic oxidation sites excluding steroid dienone is 1. The van der Waals surface area contributed by atoms with Crippen molar-refractivity contribution in [2.45, 2.75) is 25.9 Å². The summed E-state index contributed by atoms with van der Waals surface area (Å²) in [6.45, 7) is 2.18. The van der Waals surface area contributed by atoms with E-state index in [0.29, 0.717) is 21.4 Å². The van der Waals surface area contributed by atoms with E-state index >= 15 is 0 Å². The summed E-state index contributed by atoms with van der Waals surface area (Å²) in [5.41, 5.74) is 1.53. The van der Waals surface area contributed by atoms with Crippen LogP contribution < -0.4 is 9.47 Å². The van der Waals surface area contributed by atoms with E-state index in [1.165, 1.54) is 30.6 Å². The number of carbonyl (C=O) groups excluding carboxylic acids is 1. The third kappa shape index (κ3) is 5.00. The number of aromatic nitrogens is 2. The van der Waals surface area contributed by atoms with Crippen molar-refractivity contribution in [3.8, 4) is 11.5 Å². The third-order valence-electron chi connectivity index (χ3n) is 5.05. The highest BCUT2D eigenvalue weighted by atomic mass is 32.2. The zero-order valence-electron chi connectivity index (χ0n) is 18.3. The number of nitro benzene ring substituents is 1. The highest BCUT2D eigenvalue weighted by Crippen LogP contribution is 2.42. The number of aryl methyl sites for hydroxylation is 1. The number of Topliss-reactive ketones (excluding diaryl/α,β-unsaturated/α-hetero) is 1. The molecule has 0 aliphatic carbocycles. The Kier molecular flexibility index (Phi) is 7.03. The molecule has 0 bridgehead atoms. The lowest BCUT2D eigenvalue weighted by atomic mass is 10.1. The van der Waals surface area contributed by atoms with Gasteiger partial charge in [-0.05, 0) is 47.9 Å². The van der Waals surface area contributed by atoms with Crippen LogP contribution in [0.2, 0.25) is 0 Å². The first kappa shape index (κ1) is 23.6. The number of non-ortho nitro benzene ring substituents is 1. The molecule has 1 aromatic heterocycles. The van der Waals surface area contributed by atoms with E-state index in [4.69, 9.17) is 14.9 Å². The first-order valence-corrected chi connectivity index (χ1v) is 11.9. The second kappa shape index (κ2) is 10.1. The van der Waals surface area contributed by atoms with E-state index in [9.17, 15) is 14.9 Å². The van der Waals surface area contributed by atoms with E-state index in [2.05, 4.69) is 10.2 Å². The van der Waals surface area contributed by atoms with Gasteiger partial charge >= 0.3 is 0 Å². The number of methoxy groups -OCH3 is 1. The van der Waals surface area contributed by atoms with E-state index in [-0.39, 0.29) is 23.1 Å². The van der Waals surface area contributed by atoms with Gasteiger partial charge in [0, 0.05) is 12.1 Å². The van der Waals surface area contributed by atoms with Crippen LogP contribution in [0.15, 0.2) is 47.4 Å². The van der Waals surface area contributed by atoms with Crippen LogP contribution in [0.1, 0.15) is 34.0 Å². The van der Waals surface area contributed by atoms with Crippen LogP contribution in [0, 0.1) is 15.5 Å². The van der Waals surface area contributed by atoms with Crippen LogP contribution in [-0.4, -0.2) is 33.1 Å². The fourth-order valence-corrected chi connectivity index (χ4v) is 5.21. The molecule has 2 aromatic carbocycles. The number of benzene rings is 2. The van der Waals surface area contributed by atoms with Crippen molar-refractivity contribution in [2.75, 3.05) is 7.11 Å². The normalized spacial score (nSPS) is 16.8. The summed E-state index contributed by atoms with van der Waals surface area (Å²) in [4.78, 5) is 23.8. The summed E-state index contributed by atoms with van der Waals surface area (Å²) < 4.78 is 11.3. The average Bonchev–Trinajstić information content (AvgIpc) is 3.41. The summed E-state index contributed by atoms with van der Waals surface area (Å²) in [7, 11) is 1.52. The topological polar surface area (TPSA) is 128 Å². The third-order valence-corrected chi connectivity index (χ3v) is 7.17. The molecule has 11 heteroatoms. The molecule has 1 saturated heterocycles. The van der Waals surface area contributed by atoms with Gasteiger partial charge in [-0.25, -0.2) is 0 Å². The molecule has 9 nitrogen and oxygen atoms in total. The van der Waals surface area contributed by atoms with Crippen molar-refractivity contribution in [2.24, 2.45) is 0 Å². The van der Waals surface area contributed by atoms with Crippen molar-refractivity contribution < 1.29 is 19.2 Å². The number of hydrogen-bond acceptors (Lipinski definition) is 10.